The molecule has 1 fully saturated rings. The highest BCUT2D eigenvalue weighted by Gasteiger charge is 2.35. The third-order valence-corrected chi connectivity index (χ3v) is 3.54. The Bertz CT molecular complexity index is 530. The van der Waals surface area contributed by atoms with Crippen molar-refractivity contribution in [2.24, 2.45) is 16.8 Å². The second kappa shape index (κ2) is 5.67. The van der Waals surface area contributed by atoms with Crippen molar-refractivity contribution in [3.8, 4) is 0 Å². The predicted molar refractivity (Wildman–Crippen MR) is 73.8 cm³/mol. The first-order valence-corrected chi connectivity index (χ1v) is 6.52. The molecule has 0 bridgehead atoms. The minimum absolute atomic E-state index is 0.000867. The van der Waals surface area contributed by atoms with Crippen LogP contribution in [-0.4, -0.2) is 23.0 Å². The minimum atomic E-state index is -0.468. The molecule has 5 nitrogen and oxygen atoms in total. The van der Waals surface area contributed by atoms with Gasteiger partial charge in [-0.1, -0.05) is 28.4 Å². The quantitative estimate of drug-likeness (QED) is 0.345. The summed E-state index contributed by atoms with van der Waals surface area (Å²) in [5, 5.41) is 15.1. The fourth-order valence-electron chi connectivity index (χ4n) is 1.82. The highest BCUT2D eigenvalue weighted by molar-refractivity contribution is 6.36. The molecule has 0 spiro atoms. The monoisotopic (exact) mass is 301 g/mol. The van der Waals surface area contributed by atoms with E-state index in [0.717, 1.165) is 12.8 Å². The first-order valence-electron chi connectivity index (χ1n) is 5.76. The molecule has 1 aliphatic rings. The minimum Gasteiger partial charge on any atom is -0.409 e. The van der Waals surface area contributed by atoms with Crippen LogP contribution in [0.3, 0.4) is 0 Å². The zero-order chi connectivity index (χ0) is 14.0. The molecule has 1 aromatic rings. The first kappa shape index (κ1) is 14.0. The van der Waals surface area contributed by atoms with E-state index >= 15 is 0 Å². The Morgan fingerprint density at radius 2 is 2.16 bits per heavy atom. The molecule has 1 atom stereocenters. The lowest BCUT2D eigenvalue weighted by Gasteiger charge is -2.17. The standard InChI is InChI=1S/C12H13Cl2N3O2/c13-7-3-4-8(9(14)5-7)12(18)16-10(6-1-2-6)11(15)17-19/h3-6,10,19H,1-2H2,(H2,15,17)(H,16,18). The Labute approximate surface area is 120 Å². The first-order chi connectivity index (χ1) is 9.02. The van der Waals surface area contributed by atoms with Crippen LogP contribution in [0.25, 0.3) is 0 Å². The molecule has 2 rings (SSSR count). The van der Waals surface area contributed by atoms with Crippen molar-refractivity contribution < 1.29 is 10.0 Å². The van der Waals surface area contributed by atoms with E-state index in [1.807, 2.05) is 0 Å². The van der Waals surface area contributed by atoms with E-state index in [2.05, 4.69) is 10.5 Å². The summed E-state index contributed by atoms with van der Waals surface area (Å²) >= 11 is 11.7. The molecular formula is C12H13Cl2N3O2. The van der Waals surface area contributed by atoms with E-state index in [9.17, 15) is 4.79 Å². The van der Waals surface area contributed by atoms with Gasteiger partial charge in [-0.3, -0.25) is 4.79 Å². The van der Waals surface area contributed by atoms with Gasteiger partial charge in [0.1, 0.15) is 0 Å². The van der Waals surface area contributed by atoms with Crippen LogP contribution < -0.4 is 11.1 Å². The Morgan fingerprint density at radius 3 is 2.68 bits per heavy atom. The van der Waals surface area contributed by atoms with Crippen LogP contribution in [0.4, 0.5) is 0 Å². The number of amides is 1. The number of benzene rings is 1. The Morgan fingerprint density at radius 1 is 1.47 bits per heavy atom. The molecule has 0 radical (unpaired) electrons. The summed E-state index contributed by atoms with van der Waals surface area (Å²) in [7, 11) is 0. The number of halogens is 2. The number of oxime groups is 1. The second-order valence-corrected chi connectivity index (χ2v) is 5.28. The molecule has 19 heavy (non-hydrogen) atoms. The maximum absolute atomic E-state index is 12.1. The normalized spacial score (nSPS) is 17.1. The van der Waals surface area contributed by atoms with Gasteiger partial charge in [0.25, 0.3) is 5.91 Å². The van der Waals surface area contributed by atoms with Gasteiger partial charge in [0.2, 0.25) is 0 Å². The van der Waals surface area contributed by atoms with Crippen molar-refractivity contribution >= 4 is 34.9 Å². The molecular weight excluding hydrogens is 289 g/mol. The number of nitrogens with two attached hydrogens (primary N) is 1. The average molecular weight is 302 g/mol. The summed E-state index contributed by atoms with van der Waals surface area (Å²) in [5.74, 6) is -0.156. The molecule has 1 aromatic carbocycles. The van der Waals surface area contributed by atoms with Crippen molar-refractivity contribution in [1.29, 1.82) is 0 Å². The van der Waals surface area contributed by atoms with Crippen molar-refractivity contribution in [3.63, 3.8) is 0 Å². The fraction of sp³-hybridized carbons (Fsp3) is 0.333. The van der Waals surface area contributed by atoms with E-state index in [4.69, 9.17) is 34.1 Å². The summed E-state index contributed by atoms with van der Waals surface area (Å²) < 4.78 is 0. The summed E-state index contributed by atoms with van der Waals surface area (Å²) in [6.07, 6.45) is 1.88. The van der Waals surface area contributed by atoms with Gasteiger partial charge in [0.05, 0.1) is 16.6 Å². The van der Waals surface area contributed by atoms with Crippen LogP contribution in [0, 0.1) is 5.92 Å². The largest absolute Gasteiger partial charge is 0.409 e. The van der Waals surface area contributed by atoms with Crippen LogP contribution in [0.2, 0.25) is 10.0 Å². The van der Waals surface area contributed by atoms with E-state index in [-0.39, 0.29) is 22.7 Å². The topological polar surface area (TPSA) is 87.7 Å². The van der Waals surface area contributed by atoms with E-state index < -0.39 is 6.04 Å². The number of hydrogen-bond acceptors (Lipinski definition) is 3. The maximum atomic E-state index is 12.1. The van der Waals surface area contributed by atoms with E-state index in [1.54, 1.807) is 6.07 Å². The van der Waals surface area contributed by atoms with Gasteiger partial charge in [-0.25, -0.2) is 0 Å². The van der Waals surface area contributed by atoms with Crippen LogP contribution in [0.15, 0.2) is 23.4 Å². The number of rotatable bonds is 4. The molecule has 1 unspecified atom stereocenters. The summed E-state index contributed by atoms with van der Waals surface area (Å²) in [5.41, 5.74) is 5.89. The van der Waals surface area contributed by atoms with Gasteiger partial charge in [0, 0.05) is 5.02 Å². The van der Waals surface area contributed by atoms with E-state index in [0.29, 0.717) is 10.6 Å². The van der Waals surface area contributed by atoms with Gasteiger partial charge >= 0.3 is 0 Å². The molecule has 0 heterocycles. The second-order valence-electron chi connectivity index (χ2n) is 4.44. The summed E-state index contributed by atoms with van der Waals surface area (Å²) in [6.45, 7) is 0. The van der Waals surface area contributed by atoms with Gasteiger partial charge in [0.15, 0.2) is 5.84 Å². The SMILES string of the molecule is NC(=NO)C(NC(=O)c1ccc(Cl)cc1Cl)C1CC1. The maximum Gasteiger partial charge on any atom is 0.253 e. The molecule has 1 saturated carbocycles. The van der Waals surface area contributed by atoms with Crippen molar-refractivity contribution in [2.45, 2.75) is 18.9 Å². The van der Waals surface area contributed by atoms with Gasteiger partial charge in [-0.05, 0) is 37.0 Å². The number of hydrogen-bond donors (Lipinski definition) is 3. The number of carbonyl (C=O) groups is 1. The summed E-state index contributed by atoms with van der Waals surface area (Å²) in [6, 6.07) is 4.14. The number of carbonyl (C=O) groups excluding carboxylic acids is 1. The van der Waals surface area contributed by atoms with Gasteiger partial charge < -0.3 is 16.3 Å². The van der Waals surface area contributed by atoms with Gasteiger partial charge in [-0.15, -0.1) is 0 Å². The van der Waals surface area contributed by atoms with Crippen LogP contribution in [-0.2, 0) is 0 Å². The molecule has 1 aliphatic carbocycles. The molecule has 0 aromatic heterocycles. The van der Waals surface area contributed by atoms with Crippen molar-refractivity contribution in [3.05, 3.63) is 33.8 Å². The highest BCUT2D eigenvalue weighted by Crippen LogP contribution is 2.33. The molecule has 4 N–H and O–H groups in total. The smallest absolute Gasteiger partial charge is 0.253 e. The summed E-state index contributed by atoms with van der Waals surface area (Å²) in [4.78, 5) is 12.1. The predicted octanol–water partition coefficient (Wildman–Crippen LogP) is 2.25. The van der Waals surface area contributed by atoms with Crippen LogP contribution >= 0.6 is 23.2 Å². The van der Waals surface area contributed by atoms with Gasteiger partial charge in [-0.2, -0.15) is 0 Å². The Hall–Kier alpha value is -1.46. The van der Waals surface area contributed by atoms with Crippen molar-refractivity contribution in [1.82, 2.24) is 5.32 Å². The Kier molecular flexibility index (Phi) is 4.17. The highest BCUT2D eigenvalue weighted by atomic mass is 35.5. The zero-order valence-corrected chi connectivity index (χ0v) is 11.4. The van der Waals surface area contributed by atoms with Crippen LogP contribution in [0.5, 0.6) is 0 Å². The molecule has 0 aliphatic heterocycles. The number of nitrogens with one attached hydrogen (secondary N) is 1. The van der Waals surface area contributed by atoms with Crippen LogP contribution in [0.1, 0.15) is 23.2 Å². The third kappa shape index (κ3) is 3.30. The number of amidine groups is 1. The zero-order valence-electron chi connectivity index (χ0n) is 9.94. The lowest BCUT2D eigenvalue weighted by molar-refractivity contribution is 0.0943. The average Bonchev–Trinajstić information content (AvgIpc) is 3.19. The van der Waals surface area contributed by atoms with E-state index in [1.165, 1.54) is 12.1 Å². The molecule has 7 heteroatoms. The lowest BCUT2D eigenvalue weighted by atomic mass is 10.1. The van der Waals surface area contributed by atoms with Crippen molar-refractivity contribution in [2.75, 3.05) is 0 Å². The Balaban J connectivity index is 2.15. The molecule has 1 amide bonds. The third-order valence-electron chi connectivity index (χ3n) is 2.99. The number of nitrogens with zero attached hydrogens (tertiary/aromatic N) is 1. The lowest BCUT2D eigenvalue weighted by Crippen LogP contribution is -2.46. The fourth-order valence-corrected chi connectivity index (χ4v) is 2.31. The molecule has 102 valence electrons. The molecule has 0 saturated heterocycles.